The summed E-state index contributed by atoms with van der Waals surface area (Å²) >= 11 is 0. The van der Waals surface area contributed by atoms with Crippen molar-refractivity contribution in [1.82, 2.24) is 10.2 Å². The highest BCUT2D eigenvalue weighted by Crippen LogP contribution is 2.12. The van der Waals surface area contributed by atoms with Crippen molar-refractivity contribution in [2.75, 3.05) is 66.6 Å². The van der Waals surface area contributed by atoms with Gasteiger partial charge in [0.05, 0.1) is 66.6 Å². The van der Waals surface area contributed by atoms with Gasteiger partial charge in [-0.15, -0.1) is 10.2 Å². The van der Waals surface area contributed by atoms with E-state index in [1.165, 1.54) is 0 Å². The van der Waals surface area contributed by atoms with Crippen LogP contribution >= 0.6 is 0 Å². The molecule has 0 saturated carbocycles. The first-order valence-corrected chi connectivity index (χ1v) is 10.2. The molecular formula is C20H40I2N4O2. The fraction of sp³-hybridized carbons (Fsp3) is 0.800. The van der Waals surface area contributed by atoms with Crippen LogP contribution in [0, 0.1) is 0 Å². The molecule has 28 heavy (non-hydrogen) atoms. The number of ether oxygens (including phenoxy) is 2. The van der Waals surface area contributed by atoms with Gasteiger partial charge in [-0.25, -0.2) is 0 Å². The van der Waals surface area contributed by atoms with Gasteiger partial charge >= 0.3 is 0 Å². The summed E-state index contributed by atoms with van der Waals surface area (Å²) in [5.41, 5.74) is 0. The van der Waals surface area contributed by atoms with Crippen molar-refractivity contribution in [3.63, 3.8) is 0 Å². The van der Waals surface area contributed by atoms with Crippen molar-refractivity contribution in [3.05, 3.63) is 12.1 Å². The molecule has 8 heteroatoms. The molecule has 0 N–H and O–H groups in total. The van der Waals surface area contributed by atoms with Gasteiger partial charge in [0.25, 0.3) is 0 Å². The maximum Gasteiger partial charge on any atom is 0.233 e. The SMILES string of the molecule is CC[N+](C)(CC)CCCOc1ccc(OCCC[N+](C)(CC)CC)nn1.[I-].[I-]. The molecule has 0 radical (unpaired) electrons. The molecule has 0 atom stereocenters. The average molecular weight is 622 g/mol. The Hall–Kier alpha value is 0.0600. The van der Waals surface area contributed by atoms with Crippen LogP contribution in [-0.4, -0.2) is 85.7 Å². The van der Waals surface area contributed by atoms with Crippen LogP contribution in [0.15, 0.2) is 12.1 Å². The summed E-state index contributed by atoms with van der Waals surface area (Å²) in [4.78, 5) is 0. The number of quaternary nitrogens is 2. The summed E-state index contributed by atoms with van der Waals surface area (Å²) in [6.07, 6.45) is 2.04. The van der Waals surface area contributed by atoms with E-state index in [4.69, 9.17) is 9.47 Å². The fourth-order valence-corrected chi connectivity index (χ4v) is 2.79. The molecular weight excluding hydrogens is 582 g/mol. The molecule has 1 aromatic rings. The quantitative estimate of drug-likeness (QED) is 0.126. The smallest absolute Gasteiger partial charge is 0.233 e. The third-order valence-corrected chi connectivity index (χ3v) is 5.85. The molecule has 0 spiro atoms. The zero-order chi connectivity index (χ0) is 19.5. The van der Waals surface area contributed by atoms with E-state index in [1.807, 2.05) is 12.1 Å². The molecule has 1 heterocycles. The Labute approximate surface area is 206 Å². The zero-order valence-electron chi connectivity index (χ0n) is 18.6. The van der Waals surface area contributed by atoms with Gasteiger partial charge in [-0.2, -0.15) is 0 Å². The first kappa shape index (κ1) is 30.3. The summed E-state index contributed by atoms with van der Waals surface area (Å²) in [5.74, 6) is 1.14. The molecule has 0 fully saturated rings. The normalized spacial score (nSPS) is 11.4. The molecule has 166 valence electrons. The number of rotatable bonds is 14. The number of aromatic nitrogens is 2. The van der Waals surface area contributed by atoms with E-state index < -0.39 is 0 Å². The lowest BCUT2D eigenvalue weighted by Gasteiger charge is -2.32. The van der Waals surface area contributed by atoms with Crippen LogP contribution in [-0.2, 0) is 0 Å². The van der Waals surface area contributed by atoms with Crippen molar-refractivity contribution in [2.24, 2.45) is 0 Å². The number of hydrogen-bond acceptors (Lipinski definition) is 4. The summed E-state index contributed by atoms with van der Waals surface area (Å²) < 4.78 is 13.6. The maximum absolute atomic E-state index is 5.70. The summed E-state index contributed by atoms with van der Waals surface area (Å²) in [6.45, 7) is 17.1. The van der Waals surface area contributed by atoms with Gasteiger partial charge in [0, 0.05) is 25.0 Å². The number of nitrogens with zero attached hydrogens (tertiary/aromatic N) is 4. The van der Waals surface area contributed by atoms with Crippen LogP contribution in [0.2, 0.25) is 0 Å². The van der Waals surface area contributed by atoms with E-state index >= 15 is 0 Å². The van der Waals surface area contributed by atoms with Crippen molar-refractivity contribution >= 4 is 0 Å². The first-order chi connectivity index (χ1) is 12.4. The Balaban J connectivity index is 0. The van der Waals surface area contributed by atoms with Crippen molar-refractivity contribution < 1.29 is 66.4 Å². The van der Waals surface area contributed by atoms with Gasteiger partial charge in [0.1, 0.15) is 0 Å². The van der Waals surface area contributed by atoms with Gasteiger partial charge in [0.2, 0.25) is 11.8 Å². The Morgan fingerprint density at radius 2 is 1.00 bits per heavy atom. The van der Waals surface area contributed by atoms with Crippen LogP contribution in [0.25, 0.3) is 0 Å². The highest BCUT2D eigenvalue weighted by atomic mass is 127. The zero-order valence-corrected chi connectivity index (χ0v) is 22.9. The number of hydrogen-bond donors (Lipinski definition) is 0. The average Bonchev–Trinajstić information content (AvgIpc) is 2.69. The molecule has 1 aromatic heterocycles. The first-order valence-electron chi connectivity index (χ1n) is 10.2. The Morgan fingerprint density at radius 3 is 1.25 bits per heavy atom. The van der Waals surface area contributed by atoms with E-state index in [1.54, 1.807) is 0 Å². The predicted octanol–water partition coefficient (Wildman–Crippen LogP) is -3.00. The molecule has 6 nitrogen and oxygen atoms in total. The minimum absolute atomic E-state index is 0. The van der Waals surface area contributed by atoms with E-state index in [9.17, 15) is 0 Å². The van der Waals surface area contributed by atoms with Crippen LogP contribution in [0.1, 0.15) is 40.5 Å². The largest absolute Gasteiger partial charge is 1.00 e. The molecule has 0 bridgehead atoms. The van der Waals surface area contributed by atoms with Crippen molar-refractivity contribution in [2.45, 2.75) is 40.5 Å². The molecule has 0 unspecified atom stereocenters. The molecule has 0 saturated heterocycles. The molecule has 1 rings (SSSR count). The predicted molar refractivity (Wildman–Crippen MR) is 107 cm³/mol. The fourth-order valence-electron chi connectivity index (χ4n) is 2.79. The lowest BCUT2D eigenvalue weighted by molar-refractivity contribution is -0.906. The summed E-state index contributed by atoms with van der Waals surface area (Å²) in [6, 6.07) is 3.68. The summed E-state index contributed by atoms with van der Waals surface area (Å²) in [5, 5.41) is 8.21. The van der Waals surface area contributed by atoms with Gasteiger partial charge < -0.3 is 66.4 Å². The second kappa shape index (κ2) is 15.8. The van der Waals surface area contributed by atoms with Crippen LogP contribution in [0.4, 0.5) is 0 Å². The van der Waals surface area contributed by atoms with Gasteiger partial charge in [-0.1, -0.05) is 0 Å². The molecule has 0 aliphatic heterocycles. The minimum atomic E-state index is 0. The van der Waals surface area contributed by atoms with E-state index in [2.05, 4.69) is 52.0 Å². The third kappa shape index (κ3) is 11.3. The third-order valence-electron chi connectivity index (χ3n) is 5.85. The lowest BCUT2D eigenvalue weighted by Crippen LogP contribution is -3.00. The minimum Gasteiger partial charge on any atom is -1.00 e. The van der Waals surface area contributed by atoms with Crippen LogP contribution < -0.4 is 57.4 Å². The number of halogens is 2. The Kier molecular flexibility index (Phi) is 17.1. The van der Waals surface area contributed by atoms with Crippen molar-refractivity contribution in [1.29, 1.82) is 0 Å². The second-order valence-electron chi connectivity index (χ2n) is 7.56. The highest BCUT2D eigenvalue weighted by Gasteiger charge is 2.16. The lowest BCUT2D eigenvalue weighted by atomic mass is 10.3. The van der Waals surface area contributed by atoms with Crippen molar-refractivity contribution in [3.8, 4) is 11.8 Å². The van der Waals surface area contributed by atoms with E-state index in [0.29, 0.717) is 25.0 Å². The van der Waals surface area contributed by atoms with Gasteiger partial charge in [-0.05, 0) is 27.7 Å². The Morgan fingerprint density at radius 1 is 0.679 bits per heavy atom. The molecule has 0 aliphatic rings. The van der Waals surface area contributed by atoms with E-state index in [0.717, 1.165) is 61.1 Å². The Bertz CT molecular complexity index is 450. The monoisotopic (exact) mass is 622 g/mol. The summed E-state index contributed by atoms with van der Waals surface area (Å²) in [7, 11) is 4.57. The standard InChI is InChI=1S/C20H40N4O2.2HI/c1-7-23(5,8-2)15-11-17-25-19-13-14-20(22-21-19)26-18-12-16-24(6,9-3)10-4;;/h13-14H,7-12,15-18H2,1-6H3;2*1H/q+2;;/p-2. The second-order valence-corrected chi connectivity index (χ2v) is 7.56. The van der Waals surface area contributed by atoms with Gasteiger partial charge in [0.15, 0.2) is 0 Å². The van der Waals surface area contributed by atoms with Crippen LogP contribution in [0.3, 0.4) is 0 Å². The van der Waals surface area contributed by atoms with E-state index in [-0.39, 0.29) is 48.0 Å². The maximum atomic E-state index is 5.70. The van der Waals surface area contributed by atoms with Crippen LogP contribution in [0.5, 0.6) is 11.8 Å². The highest BCUT2D eigenvalue weighted by molar-refractivity contribution is 5.15. The van der Waals surface area contributed by atoms with Gasteiger partial charge in [-0.3, -0.25) is 0 Å². The topological polar surface area (TPSA) is 44.2 Å². The molecule has 0 aliphatic carbocycles. The molecule has 0 aromatic carbocycles. The molecule has 0 amide bonds.